The molecule has 144 valence electrons. The zero-order valence-electron chi connectivity index (χ0n) is 14.4. The number of nitrogens with zero attached hydrogens (tertiary/aromatic N) is 1. The van der Waals surface area contributed by atoms with E-state index in [-0.39, 0.29) is 16.4 Å². The van der Waals surface area contributed by atoms with Crippen LogP contribution in [0, 0.1) is 0 Å². The molecule has 8 nitrogen and oxygen atoms in total. The monoisotopic (exact) mass is 416 g/mol. The maximum atomic E-state index is 12.9. The van der Waals surface area contributed by atoms with Crippen molar-refractivity contribution in [2.75, 3.05) is 5.32 Å². The highest BCUT2D eigenvalue weighted by Crippen LogP contribution is 2.34. The summed E-state index contributed by atoms with van der Waals surface area (Å²) in [6.07, 6.45) is 1.37. The van der Waals surface area contributed by atoms with Crippen molar-refractivity contribution in [2.45, 2.75) is 15.3 Å². The molecule has 1 atom stereocenters. The van der Waals surface area contributed by atoms with E-state index < -0.39 is 15.3 Å². The SMILES string of the molecule is NS(=O)(=O)c1ccc(NC(=O)[C@@H](Sc2nccc(=O)[nH]2)c2ccccc2)cc1. The molecule has 3 aromatic rings. The largest absolute Gasteiger partial charge is 0.325 e. The first-order chi connectivity index (χ1) is 13.3. The molecule has 0 unspecified atom stereocenters. The molecule has 3 rings (SSSR count). The number of anilines is 1. The molecular weight excluding hydrogens is 400 g/mol. The molecular formula is C18H16N4O4S2. The second-order valence-corrected chi connectivity index (χ2v) is 8.36. The molecule has 28 heavy (non-hydrogen) atoms. The van der Waals surface area contributed by atoms with Gasteiger partial charge >= 0.3 is 0 Å². The lowest BCUT2D eigenvalue weighted by molar-refractivity contribution is -0.115. The van der Waals surface area contributed by atoms with Crippen LogP contribution >= 0.6 is 11.8 Å². The molecule has 4 N–H and O–H groups in total. The molecule has 0 aliphatic heterocycles. The minimum absolute atomic E-state index is 0.0504. The van der Waals surface area contributed by atoms with E-state index in [1.807, 2.05) is 6.07 Å². The van der Waals surface area contributed by atoms with Crippen molar-refractivity contribution >= 4 is 33.4 Å². The first-order valence-corrected chi connectivity index (χ1v) is 10.5. The number of H-pyrrole nitrogens is 1. The second kappa shape index (κ2) is 8.38. The van der Waals surface area contributed by atoms with Crippen LogP contribution in [0.3, 0.4) is 0 Å². The number of hydrogen-bond acceptors (Lipinski definition) is 6. The van der Waals surface area contributed by atoms with Crippen LogP contribution in [0.1, 0.15) is 10.8 Å². The van der Waals surface area contributed by atoms with E-state index in [1.165, 1.54) is 36.5 Å². The van der Waals surface area contributed by atoms with Crippen molar-refractivity contribution in [1.29, 1.82) is 0 Å². The molecule has 1 aromatic heterocycles. The number of nitrogens with two attached hydrogens (primary N) is 1. The van der Waals surface area contributed by atoms with Crippen LogP contribution < -0.4 is 16.0 Å². The van der Waals surface area contributed by atoms with Crippen molar-refractivity contribution in [1.82, 2.24) is 9.97 Å². The summed E-state index contributed by atoms with van der Waals surface area (Å²) in [6, 6.07) is 15.8. The van der Waals surface area contributed by atoms with Crippen LogP contribution in [-0.4, -0.2) is 24.3 Å². The van der Waals surface area contributed by atoms with Crippen LogP contribution in [0.5, 0.6) is 0 Å². The zero-order valence-corrected chi connectivity index (χ0v) is 16.0. The Morgan fingerprint density at radius 2 is 1.75 bits per heavy atom. The summed E-state index contributed by atoms with van der Waals surface area (Å²) in [5.74, 6) is -0.356. The van der Waals surface area contributed by atoms with Crippen molar-refractivity contribution in [2.24, 2.45) is 5.14 Å². The van der Waals surface area contributed by atoms with E-state index >= 15 is 0 Å². The fourth-order valence-electron chi connectivity index (χ4n) is 2.36. The number of primary sulfonamides is 1. The number of sulfonamides is 1. The van der Waals surface area contributed by atoms with Crippen molar-refractivity contribution in [3.8, 4) is 0 Å². The highest BCUT2D eigenvalue weighted by molar-refractivity contribution is 8.00. The number of hydrogen-bond donors (Lipinski definition) is 3. The van der Waals surface area contributed by atoms with Crippen LogP contribution in [0.4, 0.5) is 5.69 Å². The Hall–Kier alpha value is -2.95. The average Bonchev–Trinajstić information content (AvgIpc) is 2.66. The quantitative estimate of drug-likeness (QED) is 0.415. The second-order valence-electron chi connectivity index (χ2n) is 5.71. The van der Waals surface area contributed by atoms with Gasteiger partial charge in [-0.3, -0.25) is 9.59 Å². The van der Waals surface area contributed by atoms with Crippen LogP contribution in [0.15, 0.2) is 81.7 Å². The van der Waals surface area contributed by atoms with Crippen molar-refractivity contribution in [3.05, 3.63) is 82.8 Å². The van der Waals surface area contributed by atoms with E-state index in [2.05, 4.69) is 15.3 Å². The average molecular weight is 416 g/mol. The highest BCUT2D eigenvalue weighted by Gasteiger charge is 2.23. The fraction of sp³-hybridized carbons (Fsp3) is 0.0556. The van der Waals surface area contributed by atoms with Gasteiger partial charge in [0, 0.05) is 18.0 Å². The molecule has 1 amide bonds. The maximum Gasteiger partial charge on any atom is 0.251 e. The van der Waals surface area contributed by atoms with Gasteiger partial charge in [0.15, 0.2) is 5.16 Å². The van der Waals surface area contributed by atoms with Crippen LogP contribution in [0.25, 0.3) is 0 Å². The summed E-state index contributed by atoms with van der Waals surface area (Å²) >= 11 is 1.10. The number of nitrogens with one attached hydrogen (secondary N) is 2. The number of amides is 1. The first kappa shape index (κ1) is 19.8. The minimum Gasteiger partial charge on any atom is -0.325 e. The number of aromatic nitrogens is 2. The number of thioether (sulfide) groups is 1. The molecule has 1 heterocycles. The highest BCUT2D eigenvalue weighted by atomic mass is 32.2. The van der Waals surface area contributed by atoms with E-state index in [1.54, 1.807) is 24.3 Å². The number of rotatable bonds is 6. The summed E-state index contributed by atoms with van der Waals surface area (Å²) in [6.45, 7) is 0. The van der Waals surface area contributed by atoms with Crippen LogP contribution in [-0.2, 0) is 14.8 Å². The number of aromatic amines is 1. The summed E-state index contributed by atoms with van der Waals surface area (Å²) in [4.78, 5) is 31.0. The lowest BCUT2D eigenvalue weighted by atomic mass is 10.1. The van der Waals surface area contributed by atoms with E-state index in [0.29, 0.717) is 10.8 Å². The van der Waals surface area contributed by atoms with E-state index in [0.717, 1.165) is 17.3 Å². The molecule has 0 bridgehead atoms. The van der Waals surface area contributed by atoms with Gasteiger partial charge in [-0.15, -0.1) is 0 Å². The van der Waals surface area contributed by atoms with Gasteiger partial charge in [-0.05, 0) is 29.8 Å². The fourth-order valence-corrected chi connectivity index (χ4v) is 3.84. The van der Waals surface area contributed by atoms with Gasteiger partial charge in [0.25, 0.3) is 5.56 Å². The number of benzene rings is 2. The van der Waals surface area contributed by atoms with Crippen LogP contribution in [0.2, 0.25) is 0 Å². The predicted molar refractivity (Wildman–Crippen MR) is 106 cm³/mol. The smallest absolute Gasteiger partial charge is 0.251 e. The molecule has 0 saturated heterocycles. The lowest BCUT2D eigenvalue weighted by Crippen LogP contribution is -2.20. The van der Waals surface area contributed by atoms with E-state index in [9.17, 15) is 18.0 Å². The Morgan fingerprint density at radius 1 is 1.07 bits per heavy atom. The summed E-state index contributed by atoms with van der Waals surface area (Å²) < 4.78 is 22.7. The Bertz CT molecular complexity index is 1130. The number of carbonyl (C=O) groups is 1. The summed E-state index contributed by atoms with van der Waals surface area (Å²) in [7, 11) is -3.81. The van der Waals surface area contributed by atoms with Gasteiger partial charge in [0.1, 0.15) is 5.25 Å². The van der Waals surface area contributed by atoms with Gasteiger partial charge in [-0.2, -0.15) is 0 Å². The first-order valence-electron chi connectivity index (χ1n) is 8.03. The summed E-state index contributed by atoms with van der Waals surface area (Å²) in [5, 5.41) is 7.43. The number of carbonyl (C=O) groups excluding carboxylic acids is 1. The molecule has 10 heteroatoms. The lowest BCUT2D eigenvalue weighted by Gasteiger charge is -2.16. The van der Waals surface area contributed by atoms with E-state index in [4.69, 9.17) is 5.14 Å². The van der Waals surface area contributed by atoms with Crippen molar-refractivity contribution in [3.63, 3.8) is 0 Å². The third kappa shape index (κ3) is 5.06. The topological polar surface area (TPSA) is 135 Å². The van der Waals surface area contributed by atoms with Gasteiger partial charge < -0.3 is 10.3 Å². The standard InChI is InChI=1S/C18H16N4O4S2/c19-28(25,26)14-8-6-13(7-9-14)21-17(24)16(12-4-2-1-3-5-12)27-18-20-11-10-15(23)22-18/h1-11,16H,(H,21,24)(H2,19,25,26)(H,20,22,23)/t16-/m0/s1. The van der Waals surface area contributed by atoms with Crippen molar-refractivity contribution < 1.29 is 13.2 Å². The zero-order chi connectivity index (χ0) is 20.1. The molecule has 0 saturated carbocycles. The third-order valence-electron chi connectivity index (χ3n) is 3.67. The third-order valence-corrected chi connectivity index (χ3v) is 5.75. The van der Waals surface area contributed by atoms with Gasteiger partial charge in [-0.1, -0.05) is 42.1 Å². The molecule has 2 aromatic carbocycles. The Labute approximate surface area is 165 Å². The Balaban J connectivity index is 1.85. The maximum absolute atomic E-state index is 12.9. The normalized spacial score (nSPS) is 12.3. The molecule has 0 spiro atoms. The van der Waals surface area contributed by atoms with Gasteiger partial charge in [-0.25, -0.2) is 18.5 Å². The summed E-state index contributed by atoms with van der Waals surface area (Å²) in [5.41, 5.74) is 0.814. The Morgan fingerprint density at radius 3 is 2.36 bits per heavy atom. The molecule has 0 aliphatic carbocycles. The predicted octanol–water partition coefficient (Wildman–Crippen LogP) is 1.89. The molecule has 0 aliphatic rings. The molecule has 0 fully saturated rings. The minimum atomic E-state index is -3.81. The Kier molecular flexibility index (Phi) is 5.93. The van der Waals surface area contributed by atoms with Gasteiger partial charge in [0.05, 0.1) is 4.90 Å². The van der Waals surface area contributed by atoms with Gasteiger partial charge in [0.2, 0.25) is 15.9 Å². The molecule has 0 radical (unpaired) electrons.